The van der Waals surface area contributed by atoms with Crippen molar-refractivity contribution in [1.82, 2.24) is 4.31 Å². The fourth-order valence-electron chi connectivity index (χ4n) is 0.738. The highest BCUT2D eigenvalue weighted by molar-refractivity contribution is 7.89. The number of halogens is 1. The lowest BCUT2D eigenvalue weighted by Crippen LogP contribution is -2.24. The van der Waals surface area contributed by atoms with Gasteiger partial charge in [0.1, 0.15) is 0 Å². The molecule has 0 atom stereocenters. The van der Waals surface area contributed by atoms with E-state index in [4.69, 9.17) is 11.6 Å². The van der Waals surface area contributed by atoms with Crippen LogP contribution in [0.25, 0.3) is 0 Å². The van der Waals surface area contributed by atoms with Crippen LogP contribution in [0, 0.1) is 0 Å². The third kappa shape index (κ3) is 4.95. The summed E-state index contributed by atoms with van der Waals surface area (Å²) >= 11 is 5.45. The van der Waals surface area contributed by atoms with Gasteiger partial charge in [-0.15, -0.1) is 11.6 Å². The van der Waals surface area contributed by atoms with Gasteiger partial charge in [-0.1, -0.05) is 6.42 Å². The van der Waals surface area contributed by atoms with Crippen LogP contribution in [0.5, 0.6) is 0 Å². The SMILES string of the molecule is CN(C)S(=O)(=O)CCCCCCl. The van der Waals surface area contributed by atoms with Crippen LogP contribution in [0.1, 0.15) is 19.3 Å². The Balaban J connectivity index is 3.63. The van der Waals surface area contributed by atoms with Crippen LogP contribution in [0.4, 0.5) is 0 Å². The first-order valence-electron chi connectivity index (χ1n) is 3.97. The molecule has 0 heterocycles. The van der Waals surface area contributed by atoms with E-state index in [0.717, 1.165) is 12.8 Å². The number of sulfonamides is 1. The van der Waals surface area contributed by atoms with E-state index in [-0.39, 0.29) is 5.75 Å². The summed E-state index contributed by atoms with van der Waals surface area (Å²) in [6.07, 6.45) is 2.48. The van der Waals surface area contributed by atoms with Crippen LogP contribution in [0.3, 0.4) is 0 Å². The van der Waals surface area contributed by atoms with Crippen LogP contribution in [-0.2, 0) is 10.0 Å². The molecule has 74 valence electrons. The summed E-state index contributed by atoms with van der Waals surface area (Å²) in [5.74, 6) is 0.846. The zero-order valence-corrected chi connectivity index (χ0v) is 9.16. The zero-order chi connectivity index (χ0) is 9.61. The third-order valence-electron chi connectivity index (χ3n) is 1.59. The van der Waals surface area contributed by atoms with Crippen LogP contribution in [0.2, 0.25) is 0 Å². The summed E-state index contributed by atoms with van der Waals surface area (Å²) in [5.41, 5.74) is 0. The van der Waals surface area contributed by atoms with Gasteiger partial charge in [-0.2, -0.15) is 0 Å². The van der Waals surface area contributed by atoms with E-state index in [0.29, 0.717) is 12.3 Å². The molecule has 0 bridgehead atoms. The first kappa shape index (κ1) is 12.2. The summed E-state index contributed by atoms with van der Waals surface area (Å²) in [5, 5.41) is 0. The standard InChI is InChI=1S/C7H16ClNO2S/c1-9(2)12(10,11)7-5-3-4-6-8/h3-7H2,1-2H3. The van der Waals surface area contributed by atoms with Gasteiger partial charge in [0.05, 0.1) is 5.75 Å². The van der Waals surface area contributed by atoms with Crippen molar-refractivity contribution in [3.63, 3.8) is 0 Å². The van der Waals surface area contributed by atoms with Gasteiger partial charge in [0.25, 0.3) is 0 Å². The van der Waals surface area contributed by atoms with Crippen molar-refractivity contribution in [2.24, 2.45) is 0 Å². The molecule has 0 saturated heterocycles. The van der Waals surface area contributed by atoms with Crippen LogP contribution >= 0.6 is 11.6 Å². The number of unbranched alkanes of at least 4 members (excludes halogenated alkanes) is 2. The molecule has 0 N–H and O–H groups in total. The Morgan fingerprint density at radius 3 is 2.17 bits per heavy atom. The maximum absolute atomic E-state index is 11.2. The predicted octanol–water partition coefficient (Wildman–Crippen LogP) is 1.29. The molecular formula is C7H16ClNO2S. The van der Waals surface area contributed by atoms with Crippen LogP contribution in [-0.4, -0.2) is 38.5 Å². The summed E-state index contributed by atoms with van der Waals surface area (Å²) in [7, 11) is 0.117. The average Bonchev–Trinajstić information content (AvgIpc) is 1.98. The number of hydrogen-bond donors (Lipinski definition) is 0. The van der Waals surface area contributed by atoms with Crippen molar-refractivity contribution in [3.05, 3.63) is 0 Å². The molecule has 0 amide bonds. The van der Waals surface area contributed by atoms with Crippen molar-refractivity contribution in [3.8, 4) is 0 Å². The van der Waals surface area contributed by atoms with Gasteiger partial charge in [-0.25, -0.2) is 12.7 Å². The maximum Gasteiger partial charge on any atom is 0.213 e. The molecule has 0 saturated carbocycles. The summed E-state index contributed by atoms with van der Waals surface area (Å²) in [6, 6.07) is 0. The van der Waals surface area contributed by atoms with Gasteiger partial charge in [-0.05, 0) is 12.8 Å². The molecule has 0 aromatic rings. The molecule has 0 unspecified atom stereocenters. The van der Waals surface area contributed by atoms with Gasteiger partial charge in [-0.3, -0.25) is 0 Å². The molecule has 0 aliphatic heterocycles. The molecule has 5 heteroatoms. The van der Waals surface area contributed by atoms with E-state index in [1.165, 1.54) is 4.31 Å². The summed E-state index contributed by atoms with van der Waals surface area (Å²) in [4.78, 5) is 0. The second kappa shape index (κ2) is 5.78. The van der Waals surface area contributed by atoms with Gasteiger partial charge < -0.3 is 0 Å². The third-order valence-corrected chi connectivity index (χ3v) is 3.78. The minimum Gasteiger partial charge on any atom is -0.212 e. The topological polar surface area (TPSA) is 37.4 Å². The molecule has 0 aliphatic carbocycles. The van der Waals surface area contributed by atoms with Gasteiger partial charge in [0, 0.05) is 20.0 Å². The predicted molar refractivity (Wildman–Crippen MR) is 52.0 cm³/mol. The van der Waals surface area contributed by atoms with Crippen molar-refractivity contribution in [2.75, 3.05) is 25.7 Å². The highest BCUT2D eigenvalue weighted by Crippen LogP contribution is 2.02. The first-order valence-corrected chi connectivity index (χ1v) is 6.11. The Bertz CT molecular complexity index is 201. The molecule has 0 rings (SSSR count). The lowest BCUT2D eigenvalue weighted by atomic mass is 10.3. The fourth-order valence-corrected chi connectivity index (χ4v) is 1.86. The van der Waals surface area contributed by atoms with Gasteiger partial charge >= 0.3 is 0 Å². The quantitative estimate of drug-likeness (QED) is 0.493. The van der Waals surface area contributed by atoms with Gasteiger partial charge in [0.15, 0.2) is 0 Å². The zero-order valence-electron chi connectivity index (χ0n) is 7.59. The molecular weight excluding hydrogens is 198 g/mol. The Kier molecular flexibility index (Phi) is 5.88. The number of rotatable bonds is 6. The van der Waals surface area contributed by atoms with E-state index < -0.39 is 10.0 Å². The Morgan fingerprint density at radius 2 is 1.75 bits per heavy atom. The normalized spacial score (nSPS) is 12.3. The van der Waals surface area contributed by atoms with Crippen LogP contribution < -0.4 is 0 Å². The molecule has 0 fully saturated rings. The Labute approximate surface area is 79.8 Å². The smallest absolute Gasteiger partial charge is 0.212 e. The Morgan fingerprint density at radius 1 is 1.17 bits per heavy atom. The number of nitrogens with zero attached hydrogens (tertiary/aromatic N) is 1. The second-order valence-corrected chi connectivity index (χ2v) is 5.53. The molecule has 0 aromatic heterocycles. The van der Waals surface area contributed by atoms with Gasteiger partial charge in [0.2, 0.25) is 10.0 Å². The fraction of sp³-hybridized carbons (Fsp3) is 1.00. The largest absolute Gasteiger partial charge is 0.213 e. The van der Waals surface area contributed by atoms with Crippen LogP contribution in [0.15, 0.2) is 0 Å². The lowest BCUT2D eigenvalue weighted by Gasteiger charge is -2.10. The van der Waals surface area contributed by atoms with E-state index in [2.05, 4.69) is 0 Å². The molecule has 0 aliphatic rings. The molecule has 3 nitrogen and oxygen atoms in total. The van der Waals surface area contributed by atoms with E-state index in [1.54, 1.807) is 14.1 Å². The van der Waals surface area contributed by atoms with Crippen molar-refractivity contribution < 1.29 is 8.42 Å². The number of hydrogen-bond acceptors (Lipinski definition) is 2. The lowest BCUT2D eigenvalue weighted by molar-refractivity contribution is 0.517. The van der Waals surface area contributed by atoms with E-state index >= 15 is 0 Å². The van der Waals surface area contributed by atoms with Crippen molar-refractivity contribution in [1.29, 1.82) is 0 Å². The molecule has 0 aromatic carbocycles. The van der Waals surface area contributed by atoms with E-state index in [9.17, 15) is 8.42 Å². The minimum absolute atomic E-state index is 0.233. The van der Waals surface area contributed by atoms with Crippen molar-refractivity contribution >= 4 is 21.6 Å². The monoisotopic (exact) mass is 213 g/mol. The summed E-state index contributed by atoms with van der Waals surface area (Å²) in [6.45, 7) is 0. The van der Waals surface area contributed by atoms with Crippen molar-refractivity contribution in [2.45, 2.75) is 19.3 Å². The average molecular weight is 214 g/mol. The highest BCUT2D eigenvalue weighted by atomic mass is 35.5. The molecule has 0 radical (unpaired) electrons. The summed E-state index contributed by atoms with van der Waals surface area (Å²) < 4.78 is 23.6. The minimum atomic E-state index is -2.99. The first-order chi connectivity index (χ1) is 5.50. The molecule has 0 spiro atoms. The second-order valence-electron chi connectivity index (χ2n) is 2.85. The molecule has 12 heavy (non-hydrogen) atoms. The van der Waals surface area contributed by atoms with E-state index in [1.807, 2.05) is 0 Å². The maximum atomic E-state index is 11.2. The Hall–Kier alpha value is 0.200. The number of alkyl halides is 1. The highest BCUT2D eigenvalue weighted by Gasteiger charge is 2.11.